The first-order chi connectivity index (χ1) is 15.2. The third-order valence-electron chi connectivity index (χ3n) is 4.47. The van der Waals surface area contributed by atoms with Crippen molar-refractivity contribution in [3.8, 4) is 11.1 Å². The first kappa shape index (κ1) is 22.9. The van der Waals surface area contributed by atoms with Crippen molar-refractivity contribution in [3.63, 3.8) is 0 Å². The summed E-state index contributed by atoms with van der Waals surface area (Å²) in [4.78, 5) is 14.3. The molecule has 0 aliphatic heterocycles. The predicted octanol–water partition coefficient (Wildman–Crippen LogP) is 4.06. The van der Waals surface area contributed by atoms with Gasteiger partial charge in [0.15, 0.2) is 5.65 Å². The Morgan fingerprint density at radius 2 is 1.78 bits per heavy atom. The van der Waals surface area contributed by atoms with Gasteiger partial charge in [0.2, 0.25) is 12.4 Å². The van der Waals surface area contributed by atoms with Crippen LogP contribution in [-0.2, 0) is 4.79 Å². The Hall–Kier alpha value is -3.78. The lowest BCUT2D eigenvalue weighted by Gasteiger charge is -2.16. The second-order valence-electron chi connectivity index (χ2n) is 8.11. The van der Waals surface area contributed by atoms with Crippen molar-refractivity contribution < 1.29 is 9.18 Å². The minimum atomic E-state index is -0.291. The molecule has 0 aliphatic carbocycles. The second kappa shape index (κ2) is 10.0. The Labute approximate surface area is 186 Å². The van der Waals surface area contributed by atoms with Gasteiger partial charge >= 0.3 is 0 Å². The molecule has 0 bridgehead atoms. The van der Waals surface area contributed by atoms with Gasteiger partial charge in [0.1, 0.15) is 5.82 Å². The van der Waals surface area contributed by atoms with Gasteiger partial charge in [-0.3, -0.25) is 4.79 Å². The summed E-state index contributed by atoms with van der Waals surface area (Å²) in [5, 5.41) is 10.1. The normalized spacial score (nSPS) is 10.9. The van der Waals surface area contributed by atoms with Crippen LogP contribution in [0.3, 0.4) is 0 Å². The number of carbonyl (C=O) groups excluding carboxylic acids is 1. The van der Waals surface area contributed by atoms with Crippen molar-refractivity contribution in [2.24, 2.45) is 5.73 Å². The maximum atomic E-state index is 13.1. The molecule has 32 heavy (non-hydrogen) atoms. The van der Waals surface area contributed by atoms with E-state index < -0.39 is 0 Å². The lowest BCUT2D eigenvalue weighted by molar-refractivity contribution is -0.109. The second-order valence-corrected chi connectivity index (χ2v) is 8.11. The van der Waals surface area contributed by atoms with E-state index in [0.717, 1.165) is 22.5 Å². The number of rotatable bonds is 6. The summed E-state index contributed by atoms with van der Waals surface area (Å²) in [6, 6.07) is 18.3. The maximum absolute atomic E-state index is 13.1. The highest BCUT2D eigenvalue weighted by molar-refractivity contribution is 5.78. The quantitative estimate of drug-likeness (QED) is 0.398. The fraction of sp³-hybridized carbons (Fsp3) is 0.208. The van der Waals surface area contributed by atoms with E-state index in [1.165, 1.54) is 17.7 Å². The molecular weight excluding hydrogens is 407 g/mol. The smallest absolute Gasteiger partial charge is 0.247 e. The van der Waals surface area contributed by atoms with Crippen molar-refractivity contribution in [2.75, 3.05) is 11.9 Å². The minimum Gasteiger partial charge on any atom is -0.357 e. The molecule has 0 saturated heterocycles. The molecule has 2 heterocycles. The molecule has 2 aromatic carbocycles. The number of nitrogens with zero attached hydrogens (tertiary/aromatic N) is 3. The van der Waals surface area contributed by atoms with Crippen molar-refractivity contribution >= 4 is 23.7 Å². The van der Waals surface area contributed by atoms with Crippen LogP contribution in [0, 0.1) is 12.7 Å². The van der Waals surface area contributed by atoms with Gasteiger partial charge in [-0.1, -0.05) is 29.8 Å². The Morgan fingerprint density at radius 3 is 2.38 bits per heavy atom. The van der Waals surface area contributed by atoms with Crippen LogP contribution in [0.4, 0.5) is 16.0 Å². The van der Waals surface area contributed by atoms with Crippen LogP contribution < -0.4 is 16.4 Å². The van der Waals surface area contributed by atoms with Crippen molar-refractivity contribution in [1.82, 2.24) is 19.9 Å². The van der Waals surface area contributed by atoms with E-state index in [4.69, 9.17) is 5.73 Å². The molecule has 4 aromatic rings. The summed E-state index contributed by atoms with van der Waals surface area (Å²) < 4.78 is 14.9. The van der Waals surface area contributed by atoms with Gasteiger partial charge in [-0.15, -0.1) is 5.10 Å². The van der Waals surface area contributed by atoms with Crippen LogP contribution >= 0.6 is 0 Å². The van der Waals surface area contributed by atoms with Crippen LogP contribution in [0.2, 0.25) is 0 Å². The molecule has 4 rings (SSSR count). The number of anilines is 2. The van der Waals surface area contributed by atoms with E-state index in [-0.39, 0.29) is 11.4 Å². The zero-order chi connectivity index (χ0) is 23.1. The molecule has 166 valence electrons. The van der Waals surface area contributed by atoms with E-state index in [1.807, 2.05) is 63.4 Å². The molecule has 8 heteroatoms. The first-order valence-corrected chi connectivity index (χ1v) is 10.2. The van der Waals surface area contributed by atoms with Gasteiger partial charge in [0.05, 0.1) is 0 Å². The molecule has 0 aliphatic rings. The average Bonchev–Trinajstić information content (AvgIpc) is 3.17. The first-order valence-electron chi connectivity index (χ1n) is 10.2. The maximum Gasteiger partial charge on any atom is 0.247 e. The Kier molecular flexibility index (Phi) is 7.17. The van der Waals surface area contributed by atoms with E-state index in [9.17, 15) is 9.18 Å². The van der Waals surface area contributed by atoms with Gasteiger partial charge in [-0.2, -0.15) is 4.98 Å². The molecule has 0 unspecified atom stereocenters. The third kappa shape index (κ3) is 6.36. The fourth-order valence-corrected chi connectivity index (χ4v) is 2.88. The number of pyridine rings is 1. The number of aryl methyl sites for hydroxylation is 1. The molecule has 4 N–H and O–H groups in total. The van der Waals surface area contributed by atoms with E-state index >= 15 is 0 Å². The number of hydrogen-bond donors (Lipinski definition) is 3. The number of aromatic nitrogens is 3. The van der Waals surface area contributed by atoms with E-state index in [2.05, 4.69) is 20.7 Å². The van der Waals surface area contributed by atoms with Crippen LogP contribution in [0.1, 0.15) is 19.4 Å². The van der Waals surface area contributed by atoms with Gasteiger partial charge in [-0.05, 0) is 62.7 Å². The molecule has 2 aromatic heterocycles. The highest BCUT2D eigenvalue weighted by Crippen LogP contribution is 2.25. The molecule has 0 fully saturated rings. The summed E-state index contributed by atoms with van der Waals surface area (Å²) in [6.45, 7) is 6.27. The highest BCUT2D eigenvalue weighted by Gasteiger charge is 2.10. The molecule has 0 spiro atoms. The monoisotopic (exact) mass is 434 g/mol. The topological polar surface area (TPSA) is 97.3 Å². The van der Waals surface area contributed by atoms with E-state index in [1.54, 1.807) is 16.6 Å². The lowest BCUT2D eigenvalue weighted by Crippen LogP contribution is -2.42. The number of nitrogens with one attached hydrogen (secondary N) is 2. The van der Waals surface area contributed by atoms with Gasteiger partial charge in [0, 0.05) is 29.5 Å². The number of fused-ring (bicyclic) bond motifs is 1. The van der Waals surface area contributed by atoms with Crippen molar-refractivity contribution in [3.05, 3.63) is 78.2 Å². The average molecular weight is 435 g/mol. The summed E-state index contributed by atoms with van der Waals surface area (Å²) in [7, 11) is 0. The molecular formula is C24H27FN6O. The standard InChI is InChI=1S/C19H15FN4.C5H12N2O/c1-13-4-10-16(11-5-13)21-19-22-18-17(3-2-12-24(18)23-19)14-6-8-15(20)9-7-14;1-5(2,6)3-7-4-8/h2-12H,1H3,(H,21,23);4H,3,6H2,1-2H3,(H,7,8). The van der Waals surface area contributed by atoms with Crippen LogP contribution in [0.5, 0.6) is 0 Å². The largest absolute Gasteiger partial charge is 0.357 e. The molecule has 0 saturated carbocycles. The third-order valence-corrected chi connectivity index (χ3v) is 4.47. The van der Waals surface area contributed by atoms with E-state index in [0.29, 0.717) is 18.9 Å². The summed E-state index contributed by atoms with van der Waals surface area (Å²) in [5.41, 5.74) is 9.86. The van der Waals surface area contributed by atoms with Crippen molar-refractivity contribution in [1.29, 1.82) is 0 Å². The molecule has 7 nitrogen and oxygen atoms in total. The number of nitrogens with two attached hydrogens (primary N) is 1. The zero-order valence-corrected chi connectivity index (χ0v) is 18.3. The summed E-state index contributed by atoms with van der Waals surface area (Å²) in [5.74, 6) is 0.266. The minimum absolute atomic E-state index is 0.256. The highest BCUT2D eigenvalue weighted by atomic mass is 19.1. The van der Waals surface area contributed by atoms with Crippen LogP contribution in [0.15, 0.2) is 66.9 Å². The van der Waals surface area contributed by atoms with Gasteiger partial charge in [-0.25, -0.2) is 8.91 Å². The Balaban J connectivity index is 0.000000312. The Morgan fingerprint density at radius 1 is 1.09 bits per heavy atom. The summed E-state index contributed by atoms with van der Waals surface area (Å²) >= 11 is 0. The number of amides is 1. The number of carbonyl (C=O) groups is 1. The SMILES string of the molecule is CC(C)(N)CNC=O.Cc1ccc(Nc2nc3c(-c4ccc(F)cc4)cccn3n2)cc1. The predicted molar refractivity (Wildman–Crippen MR) is 125 cm³/mol. The van der Waals surface area contributed by atoms with Gasteiger partial charge in [0.25, 0.3) is 0 Å². The Bertz CT molecular complexity index is 1160. The number of hydrogen-bond acceptors (Lipinski definition) is 5. The van der Waals surface area contributed by atoms with Crippen LogP contribution in [-0.4, -0.2) is 33.1 Å². The zero-order valence-electron chi connectivity index (χ0n) is 18.3. The molecule has 0 atom stereocenters. The fourth-order valence-electron chi connectivity index (χ4n) is 2.88. The number of halogens is 1. The van der Waals surface area contributed by atoms with Crippen molar-refractivity contribution in [2.45, 2.75) is 26.3 Å². The summed E-state index contributed by atoms with van der Waals surface area (Å²) in [6.07, 6.45) is 2.49. The molecule has 1 amide bonds. The van der Waals surface area contributed by atoms with Gasteiger partial charge < -0.3 is 16.4 Å². The number of benzene rings is 2. The lowest BCUT2D eigenvalue weighted by atomic mass is 10.1. The van der Waals surface area contributed by atoms with Crippen LogP contribution in [0.25, 0.3) is 16.8 Å². The molecule has 0 radical (unpaired) electrons.